The number of nitrogens with zero attached hydrogens (tertiary/aromatic N) is 3. The largest absolute Gasteiger partial charge is 0.353 e. The molecule has 7 nitrogen and oxygen atoms in total. The van der Waals surface area contributed by atoms with Gasteiger partial charge in [-0.2, -0.15) is 13.1 Å². The summed E-state index contributed by atoms with van der Waals surface area (Å²) >= 11 is 0.975. The van der Waals surface area contributed by atoms with Crippen LogP contribution in [0.1, 0.15) is 13.3 Å². The molecule has 1 atom stereocenters. The van der Waals surface area contributed by atoms with Crippen LogP contribution in [-0.2, 0) is 14.8 Å². The van der Waals surface area contributed by atoms with Gasteiger partial charge in [0.1, 0.15) is 22.0 Å². The molecule has 1 aliphatic rings. The Kier molecular flexibility index (Phi) is 3.64. The molecule has 1 fully saturated rings. The number of rotatable bonds is 3. The number of carbonyl (C=O) groups is 1. The van der Waals surface area contributed by atoms with Crippen LogP contribution in [0.4, 0.5) is 0 Å². The maximum absolute atomic E-state index is 12.9. The minimum absolute atomic E-state index is 0.113. The minimum Gasteiger partial charge on any atom is -0.353 e. The lowest BCUT2D eigenvalue weighted by atomic mass is 10.2. The third kappa shape index (κ3) is 2.30. The molecule has 1 unspecified atom stereocenters. The van der Waals surface area contributed by atoms with Crippen LogP contribution in [0.3, 0.4) is 0 Å². The molecule has 0 saturated carbocycles. The highest BCUT2D eigenvalue weighted by Gasteiger charge is 2.38. The molecular formula is C12H14N4O3S2. The van der Waals surface area contributed by atoms with E-state index in [4.69, 9.17) is 0 Å². The number of piperazine rings is 1. The van der Waals surface area contributed by atoms with Crippen LogP contribution in [0.2, 0.25) is 0 Å². The lowest BCUT2D eigenvalue weighted by molar-refractivity contribution is -0.126. The maximum atomic E-state index is 12.9. The highest BCUT2D eigenvalue weighted by atomic mass is 32.2. The van der Waals surface area contributed by atoms with Crippen LogP contribution in [-0.4, -0.2) is 46.5 Å². The summed E-state index contributed by atoms with van der Waals surface area (Å²) in [5.41, 5.74) is 0.916. The quantitative estimate of drug-likeness (QED) is 0.891. The monoisotopic (exact) mass is 326 g/mol. The first-order chi connectivity index (χ1) is 10.1. The van der Waals surface area contributed by atoms with E-state index in [1.165, 1.54) is 10.4 Å². The fourth-order valence-electron chi connectivity index (χ4n) is 2.49. The van der Waals surface area contributed by atoms with E-state index in [1.54, 1.807) is 19.1 Å². The Hall–Kier alpha value is -1.58. The molecule has 1 aliphatic heterocycles. The minimum atomic E-state index is -3.78. The molecule has 1 aromatic carbocycles. The molecule has 0 bridgehead atoms. The predicted octanol–water partition coefficient (Wildman–Crippen LogP) is 0.590. The van der Waals surface area contributed by atoms with E-state index in [0.717, 1.165) is 11.7 Å². The zero-order valence-electron chi connectivity index (χ0n) is 11.3. The topological polar surface area (TPSA) is 92.3 Å². The summed E-state index contributed by atoms with van der Waals surface area (Å²) in [4.78, 5) is 12.0. The molecule has 2 aromatic rings. The van der Waals surface area contributed by atoms with Crippen LogP contribution < -0.4 is 5.32 Å². The second kappa shape index (κ2) is 5.32. The van der Waals surface area contributed by atoms with Crippen molar-refractivity contribution in [1.82, 2.24) is 18.4 Å². The molecule has 9 heteroatoms. The third-order valence-electron chi connectivity index (χ3n) is 3.50. The average Bonchev–Trinajstić information content (AvgIpc) is 2.95. The van der Waals surface area contributed by atoms with Gasteiger partial charge >= 0.3 is 0 Å². The molecule has 1 N–H and O–H groups in total. The first kappa shape index (κ1) is 14.4. The Labute approximate surface area is 126 Å². The summed E-state index contributed by atoms with van der Waals surface area (Å²) in [7, 11) is -3.78. The van der Waals surface area contributed by atoms with Crippen molar-refractivity contribution in [3.05, 3.63) is 18.2 Å². The van der Waals surface area contributed by atoms with Crippen molar-refractivity contribution in [2.24, 2.45) is 0 Å². The normalized spacial score (nSPS) is 20.6. The first-order valence-corrected chi connectivity index (χ1v) is 8.73. The van der Waals surface area contributed by atoms with Crippen molar-refractivity contribution >= 4 is 38.7 Å². The van der Waals surface area contributed by atoms with Gasteiger partial charge in [-0.05, 0) is 18.6 Å². The van der Waals surface area contributed by atoms with Crippen molar-refractivity contribution in [3.8, 4) is 0 Å². The molecule has 1 amide bonds. The third-order valence-corrected chi connectivity index (χ3v) is 5.99. The maximum Gasteiger partial charge on any atom is 0.246 e. The molecule has 21 heavy (non-hydrogen) atoms. The van der Waals surface area contributed by atoms with Crippen molar-refractivity contribution in [1.29, 1.82) is 0 Å². The molecule has 0 aliphatic carbocycles. The van der Waals surface area contributed by atoms with Crippen LogP contribution in [0, 0.1) is 0 Å². The fourth-order valence-corrected chi connectivity index (χ4v) is 4.90. The molecule has 1 aromatic heterocycles. The fraction of sp³-hybridized carbons (Fsp3) is 0.417. The summed E-state index contributed by atoms with van der Waals surface area (Å²) in [6.07, 6.45) is 0.427. The molecular weight excluding hydrogens is 312 g/mol. The summed E-state index contributed by atoms with van der Waals surface area (Å²) in [5, 5.41) is 2.70. The number of carbonyl (C=O) groups excluding carboxylic acids is 1. The SMILES string of the molecule is CCC1C(=O)NCCN1S(=O)(=O)c1cccc2nsnc12. The van der Waals surface area contributed by atoms with Crippen molar-refractivity contribution in [3.63, 3.8) is 0 Å². The van der Waals surface area contributed by atoms with E-state index >= 15 is 0 Å². The van der Waals surface area contributed by atoms with Crippen LogP contribution in [0.15, 0.2) is 23.1 Å². The van der Waals surface area contributed by atoms with Crippen molar-refractivity contribution in [2.75, 3.05) is 13.1 Å². The Bertz CT molecular complexity index is 787. The van der Waals surface area contributed by atoms with Crippen LogP contribution in [0.25, 0.3) is 11.0 Å². The molecule has 112 valence electrons. The van der Waals surface area contributed by atoms with Gasteiger partial charge < -0.3 is 5.32 Å². The smallest absolute Gasteiger partial charge is 0.246 e. The molecule has 0 spiro atoms. The predicted molar refractivity (Wildman–Crippen MR) is 78.4 cm³/mol. The van der Waals surface area contributed by atoms with Gasteiger partial charge in [0.15, 0.2) is 0 Å². The standard InChI is InChI=1S/C12H14N4O3S2/c1-2-9-12(17)13-6-7-16(9)21(18,19)10-5-3-4-8-11(10)15-20-14-8/h3-5,9H,2,6-7H2,1H3,(H,13,17). The van der Waals surface area contributed by atoms with E-state index < -0.39 is 16.1 Å². The Morgan fingerprint density at radius 1 is 1.43 bits per heavy atom. The van der Waals surface area contributed by atoms with Crippen LogP contribution >= 0.6 is 11.7 Å². The van der Waals surface area contributed by atoms with E-state index in [2.05, 4.69) is 14.1 Å². The van der Waals surface area contributed by atoms with E-state index in [1.807, 2.05) is 0 Å². The van der Waals surface area contributed by atoms with Crippen LogP contribution in [0.5, 0.6) is 0 Å². The number of sulfonamides is 1. The van der Waals surface area contributed by atoms with Gasteiger partial charge in [0.25, 0.3) is 0 Å². The van der Waals surface area contributed by atoms with Crippen molar-refractivity contribution < 1.29 is 13.2 Å². The van der Waals surface area contributed by atoms with E-state index in [-0.39, 0.29) is 17.3 Å². The van der Waals surface area contributed by atoms with Gasteiger partial charge in [-0.1, -0.05) is 13.0 Å². The molecule has 2 heterocycles. The summed E-state index contributed by atoms with van der Waals surface area (Å²) in [6.45, 7) is 2.38. The van der Waals surface area contributed by atoms with Crippen molar-refractivity contribution in [2.45, 2.75) is 24.3 Å². The molecule has 3 rings (SSSR count). The number of hydrogen-bond donors (Lipinski definition) is 1. The summed E-state index contributed by atoms with van der Waals surface area (Å²) in [6, 6.07) is 4.20. The summed E-state index contributed by atoms with van der Waals surface area (Å²) < 4.78 is 35.2. The Morgan fingerprint density at radius 3 is 3.00 bits per heavy atom. The number of benzene rings is 1. The zero-order chi connectivity index (χ0) is 15.0. The van der Waals surface area contributed by atoms with E-state index in [9.17, 15) is 13.2 Å². The molecule has 1 saturated heterocycles. The lowest BCUT2D eigenvalue weighted by Crippen LogP contribution is -2.56. The van der Waals surface area contributed by atoms with E-state index in [0.29, 0.717) is 24.0 Å². The second-order valence-corrected chi connectivity index (χ2v) is 7.11. The number of nitrogens with one attached hydrogen (secondary N) is 1. The molecule has 0 radical (unpaired) electrons. The lowest BCUT2D eigenvalue weighted by Gasteiger charge is -2.33. The number of aromatic nitrogens is 2. The first-order valence-electron chi connectivity index (χ1n) is 6.56. The Balaban J connectivity index is 2.11. The second-order valence-electron chi connectivity index (χ2n) is 4.72. The van der Waals surface area contributed by atoms with Gasteiger partial charge in [-0.3, -0.25) is 4.79 Å². The Morgan fingerprint density at radius 2 is 2.24 bits per heavy atom. The van der Waals surface area contributed by atoms with Gasteiger partial charge in [0, 0.05) is 13.1 Å². The summed E-state index contributed by atoms with van der Waals surface area (Å²) in [5.74, 6) is -0.254. The van der Waals surface area contributed by atoms with Gasteiger partial charge in [0.05, 0.1) is 11.7 Å². The number of hydrogen-bond acceptors (Lipinski definition) is 6. The average molecular weight is 326 g/mol. The highest BCUT2D eigenvalue weighted by molar-refractivity contribution is 7.89. The number of fused-ring (bicyclic) bond motifs is 1. The van der Waals surface area contributed by atoms with Gasteiger partial charge in [0.2, 0.25) is 15.9 Å². The highest BCUT2D eigenvalue weighted by Crippen LogP contribution is 2.27. The zero-order valence-corrected chi connectivity index (χ0v) is 12.9. The van der Waals surface area contributed by atoms with Gasteiger partial charge in [-0.15, -0.1) is 0 Å². The number of amides is 1. The van der Waals surface area contributed by atoms with Gasteiger partial charge in [-0.25, -0.2) is 8.42 Å².